The molecule has 0 radical (unpaired) electrons. The second-order valence-electron chi connectivity index (χ2n) is 0.253. The van der Waals surface area contributed by atoms with Gasteiger partial charge in [0.2, 0.25) is 0 Å². The van der Waals surface area contributed by atoms with Crippen molar-refractivity contribution in [1.29, 1.82) is 0 Å². The molecule has 0 atom stereocenters. The standard InChI is InChI=1S/BrH.K.HO3P/c;;1-4(2)3/h1H;;(H-,1,2,3)/q;+1;. The van der Waals surface area contributed by atoms with Crippen LogP contribution in [0.25, 0.3) is 0 Å². The van der Waals surface area contributed by atoms with Gasteiger partial charge in [0.15, 0.2) is 0 Å². The molecule has 0 saturated heterocycles. The first-order valence-corrected chi connectivity index (χ1v) is 1.75. The Balaban J connectivity index is -0.0000000450. The second kappa shape index (κ2) is 10.2. The van der Waals surface area contributed by atoms with Crippen LogP contribution in [0, 0.1) is 0 Å². The van der Waals surface area contributed by atoms with Gasteiger partial charge < -0.3 is 17.0 Å². The van der Waals surface area contributed by atoms with Crippen LogP contribution in [-0.2, 0) is 4.57 Å². The van der Waals surface area contributed by atoms with Gasteiger partial charge in [-0.3, -0.25) is 0 Å². The first-order chi connectivity index (χ1) is 1.73. The summed E-state index contributed by atoms with van der Waals surface area (Å²) in [6, 6.07) is 0. The summed E-state index contributed by atoms with van der Waals surface area (Å²) in [4.78, 5) is 14.2. The van der Waals surface area contributed by atoms with E-state index in [0.29, 0.717) is 0 Å². The Morgan fingerprint density at radius 3 is 1.33 bits per heavy atom. The van der Waals surface area contributed by atoms with Gasteiger partial charge in [-0.05, 0) is 0 Å². The summed E-state index contributed by atoms with van der Waals surface area (Å²) in [6.45, 7) is 0. The van der Waals surface area contributed by atoms with E-state index < -0.39 is 8.25 Å². The third kappa shape index (κ3) is 35.5. The average Bonchev–Trinajstić information content (AvgIpc) is 0.811. The van der Waals surface area contributed by atoms with Gasteiger partial charge in [0.05, 0.1) is 0 Å². The zero-order chi connectivity index (χ0) is 3.58. The maximum absolute atomic E-state index is 8.70. The molecule has 0 aromatic heterocycles. The Morgan fingerprint density at radius 1 is 1.33 bits per heavy atom. The van der Waals surface area contributed by atoms with Crippen LogP contribution in [-0.4, -0.2) is 9.79 Å². The van der Waals surface area contributed by atoms with E-state index in [-0.39, 0.29) is 68.4 Å². The van der Waals surface area contributed by atoms with Crippen molar-refractivity contribution in [3.63, 3.8) is 0 Å². The van der Waals surface area contributed by atoms with Crippen LogP contribution < -0.4 is 68.4 Å². The maximum atomic E-state index is 8.70. The van der Waals surface area contributed by atoms with Crippen molar-refractivity contribution in [3.8, 4) is 0 Å². The fraction of sp³-hybridized carbons (Fsp3) is 0. The van der Waals surface area contributed by atoms with Gasteiger partial charge in [0, 0.05) is 4.57 Å². The minimum Gasteiger partial charge on any atom is -1.00 e. The molecule has 0 aromatic rings. The number of hydrogen-bond donors (Lipinski definition) is 2. The SMILES string of the molecule is O=[P+](O)O.[Br-].[K+]. The van der Waals surface area contributed by atoms with Crippen LogP contribution in [0.3, 0.4) is 0 Å². The zero-order valence-electron chi connectivity index (χ0n) is 3.13. The topological polar surface area (TPSA) is 57.5 Å². The van der Waals surface area contributed by atoms with E-state index in [1.807, 2.05) is 0 Å². The third-order valence-corrected chi connectivity index (χ3v) is 0. The molecule has 0 saturated carbocycles. The Kier molecular flexibility index (Phi) is 26.7. The summed E-state index contributed by atoms with van der Waals surface area (Å²) in [6.07, 6.45) is 0. The van der Waals surface area contributed by atoms with E-state index >= 15 is 0 Å². The van der Waals surface area contributed by atoms with E-state index in [9.17, 15) is 0 Å². The summed E-state index contributed by atoms with van der Waals surface area (Å²) in [5, 5.41) is 0. The summed E-state index contributed by atoms with van der Waals surface area (Å²) in [5.41, 5.74) is 0. The predicted octanol–water partition coefficient (Wildman–Crippen LogP) is -6.36. The Bertz CT molecular complexity index is 33.8. The van der Waals surface area contributed by atoms with Gasteiger partial charge in [0.25, 0.3) is 0 Å². The van der Waals surface area contributed by atoms with Crippen LogP contribution in [0.1, 0.15) is 0 Å². The first kappa shape index (κ1) is 15.7. The summed E-state index contributed by atoms with van der Waals surface area (Å²) < 4.78 is 8.70. The second-order valence-corrected chi connectivity index (χ2v) is 0.758. The molecule has 0 bridgehead atoms. The monoisotopic (exact) mass is 199 g/mol. The largest absolute Gasteiger partial charge is 1.00 e. The van der Waals surface area contributed by atoms with Crippen LogP contribution in [0.4, 0.5) is 0 Å². The molecule has 6 heteroatoms. The number of hydrogen-bond acceptors (Lipinski definition) is 1. The normalized spacial score (nSPS) is 4.33. The van der Waals surface area contributed by atoms with Gasteiger partial charge in [-0.15, -0.1) is 9.79 Å². The summed E-state index contributed by atoms with van der Waals surface area (Å²) >= 11 is 0. The minimum atomic E-state index is -2.87. The van der Waals surface area contributed by atoms with Crippen molar-refractivity contribution in [2.24, 2.45) is 0 Å². The Hall–Kier alpha value is 2.14. The van der Waals surface area contributed by atoms with E-state index in [2.05, 4.69) is 0 Å². The van der Waals surface area contributed by atoms with Crippen molar-refractivity contribution >= 4 is 8.25 Å². The molecule has 0 amide bonds. The number of halogens is 1. The van der Waals surface area contributed by atoms with Crippen LogP contribution >= 0.6 is 8.25 Å². The van der Waals surface area contributed by atoms with Gasteiger partial charge in [-0.2, -0.15) is 0 Å². The maximum Gasteiger partial charge on any atom is 1.00 e. The van der Waals surface area contributed by atoms with E-state index in [1.54, 1.807) is 0 Å². The molecule has 0 aromatic carbocycles. The van der Waals surface area contributed by atoms with E-state index in [1.165, 1.54) is 0 Å². The fourth-order valence-electron chi connectivity index (χ4n) is 0. The molecule has 0 aliphatic carbocycles. The quantitative estimate of drug-likeness (QED) is 0.302. The Morgan fingerprint density at radius 2 is 1.33 bits per heavy atom. The van der Waals surface area contributed by atoms with Crippen molar-refractivity contribution in [3.05, 3.63) is 0 Å². The van der Waals surface area contributed by atoms with Gasteiger partial charge in [-0.1, -0.05) is 0 Å². The van der Waals surface area contributed by atoms with Crippen molar-refractivity contribution in [2.75, 3.05) is 0 Å². The molecule has 32 valence electrons. The summed E-state index contributed by atoms with van der Waals surface area (Å²) in [7, 11) is -2.87. The summed E-state index contributed by atoms with van der Waals surface area (Å²) in [5.74, 6) is 0. The molecular formula is H2BrKO3P+. The molecule has 0 aliphatic rings. The zero-order valence-corrected chi connectivity index (χ0v) is 8.73. The van der Waals surface area contributed by atoms with E-state index in [0.717, 1.165) is 0 Å². The molecule has 0 heterocycles. The minimum absolute atomic E-state index is 0. The van der Waals surface area contributed by atoms with Crippen molar-refractivity contribution in [2.45, 2.75) is 0 Å². The van der Waals surface area contributed by atoms with Crippen molar-refractivity contribution < 1.29 is 82.7 Å². The average molecular weight is 200 g/mol. The first-order valence-electron chi connectivity index (χ1n) is 0.583. The van der Waals surface area contributed by atoms with Crippen molar-refractivity contribution in [1.82, 2.24) is 0 Å². The van der Waals surface area contributed by atoms with Crippen LogP contribution in [0.2, 0.25) is 0 Å². The predicted molar refractivity (Wildman–Crippen MR) is 12.0 cm³/mol. The third-order valence-electron chi connectivity index (χ3n) is 0. The van der Waals surface area contributed by atoms with Crippen LogP contribution in [0.15, 0.2) is 0 Å². The molecule has 0 unspecified atom stereocenters. The molecular weight excluding hydrogens is 198 g/mol. The van der Waals surface area contributed by atoms with Crippen LogP contribution in [0.5, 0.6) is 0 Å². The number of rotatable bonds is 0. The molecule has 0 rings (SSSR count). The molecule has 2 N–H and O–H groups in total. The van der Waals surface area contributed by atoms with E-state index in [4.69, 9.17) is 14.4 Å². The molecule has 6 heavy (non-hydrogen) atoms. The molecule has 0 fully saturated rings. The fourth-order valence-corrected chi connectivity index (χ4v) is 0. The van der Waals surface area contributed by atoms with Gasteiger partial charge in [0.1, 0.15) is 0 Å². The molecule has 3 nitrogen and oxygen atoms in total. The smallest absolute Gasteiger partial charge is 1.00 e. The van der Waals surface area contributed by atoms with Gasteiger partial charge >= 0.3 is 59.6 Å². The molecule has 0 aliphatic heterocycles. The molecule has 0 spiro atoms. The Labute approximate surface area is 89.3 Å². The van der Waals surface area contributed by atoms with Gasteiger partial charge in [-0.25, -0.2) is 0 Å².